The van der Waals surface area contributed by atoms with Gasteiger partial charge in [-0.15, -0.1) is 0 Å². The van der Waals surface area contributed by atoms with Gasteiger partial charge in [0.1, 0.15) is 17.1 Å². The molecule has 10 heteroatoms. The zero-order valence-corrected chi connectivity index (χ0v) is 19.6. The van der Waals surface area contributed by atoms with Crippen molar-refractivity contribution in [3.8, 4) is 17.1 Å². The van der Waals surface area contributed by atoms with Crippen molar-refractivity contribution in [1.29, 1.82) is 0 Å². The van der Waals surface area contributed by atoms with Gasteiger partial charge in [-0.05, 0) is 35.7 Å². The lowest BCUT2D eigenvalue weighted by molar-refractivity contribution is 0.100. The first-order valence-electron chi connectivity index (χ1n) is 11.4. The molecule has 1 aliphatic heterocycles. The number of ether oxygens (including phenoxy) is 1. The molecule has 0 aliphatic carbocycles. The van der Waals surface area contributed by atoms with Crippen LogP contribution in [0.25, 0.3) is 11.3 Å². The van der Waals surface area contributed by atoms with E-state index in [1.54, 1.807) is 47.5 Å². The van der Waals surface area contributed by atoms with Crippen LogP contribution >= 0.6 is 0 Å². The number of nitrogens with one attached hydrogen (secondary N) is 3. The second-order valence-corrected chi connectivity index (χ2v) is 8.35. The van der Waals surface area contributed by atoms with Crippen molar-refractivity contribution in [2.24, 2.45) is 5.73 Å². The maximum Gasteiger partial charge on any atom is 0.322 e. The lowest BCUT2D eigenvalue weighted by atomic mass is 10.0. The SMILES string of the molecule is COc1cc(Nc2[nH]nc(-c3ccc(NC(=O)N4CCc5ccccc5C4)cc3)c2C(N)=O)ccn1. The second kappa shape index (κ2) is 9.79. The van der Waals surface area contributed by atoms with Crippen LogP contribution < -0.4 is 21.1 Å². The van der Waals surface area contributed by atoms with Crippen LogP contribution in [0, 0.1) is 0 Å². The van der Waals surface area contributed by atoms with Crippen molar-refractivity contribution in [1.82, 2.24) is 20.1 Å². The predicted octanol–water partition coefficient (Wildman–Crippen LogP) is 3.91. The number of aromatic amines is 1. The molecule has 4 aromatic rings. The zero-order chi connectivity index (χ0) is 25.1. The summed E-state index contributed by atoms with van der Waals surface area (Å²) >= 11 is 0. The van der Waals surface area contributed by atoms with Gasteiger partial charge < -0.3 is 26.0 Å². The molecule has 5 rings (SSSR count). The topological polar surface area (TPSA) is 138 Å². The van der Waals surface area contributed by atoms with Crippen LogP contribution in [0.2, 0.25) is 0 Å². The van der Waals surface area contributed by atoms with E-state index in [-0.39, 0.29) is 11.6 Å². The minimum atomic E-state index is -0.634. The van der Waals surface area contributed by atoms with E-state index in [2.05, 4.69) is 37.9 Å². The number of pyridine rings is 1. The minimum absolute atomic E-state index is 0.158. The first-order chi connectivity index (χ1) is 17.5. The smallest absolute Gasteiger partial charge is 0.322 e. The van der Waals surface area contributed by atoms with E-state index < -0.39 is 5.91 Å². The van der Waals surface area contributed by atoms with Crippen LogP contribution in [-0.2, 0) is 13.0 Å². The van der Waals surface area contributed by atoms with E-state index >= 15 is 0 Å². The summed E-state index contributed by atoms with van der Waals surface area (Å²) in [5.41, 5.74) is 10.7. The summed E-state index contributed by atoms with van der Waals surface area (Å²) in [5, 5.41) is 13.2. The van der Waals surface area contributed by atoms with E-state index in [1.165, 1.54) is 18.2 Å². The summed E-state index contributed by atoms with van der Waals surface area (Å²) in [7, 11) is 1.52. The fourth-order valence-corrected chi connectivity index (χ4v) is 4.21. The summed E-state index contributed by atoms with van der Waals surface area (Å²) in [5.74, 6) is 0.144. The average Bonchev–Trinajstić information content (AvgIpc) is 3.32. The molecule has 2 aromatic heterocycles. The van der Waals surface area contributed by atoms with Gasteiger partial charge in [0, 0.05) is 42.3 Å². The first kappa shape index (κ1) is 22.9. The Hall–Kier alpha value is -4.86. The van der Waals surface area contributed by atoms with E-state index in [1.807, 2.05) is 12.1 Å². The Balaban J connectivity index is 1.31. The highest BCUT2D eigenvalue weighted by Gasteiger charge is 2.22. The Morgan fingerprint density at radius 3 is 2.58 bits per heavy atom. The molecule has 0 saturated heterocycles. The maximum atomic E-state index is 12.8. The molecule has 36 heavy (non-hydrogen) atoms. The molecule has 3 amide bonds. The largest absolute Gasteiger partial charge is 0.481 e. The molecule has 3 heterocycles. The summed E-state index contributed by atoms with van der Waals surface area (Å²) in [6.45, 7) is 1.24. The molecule has 0 atom stereocenters. The Morgan fingerprint density at radius 2 is 1.83 bits per heavy atom. The normalized spacial score (nSPS) is 12.5. The van der Waals surface area contributed by atoms with Gasteiger partial charge in [0.2, 0.25) is 5.88 Å². The fraction of sp³-hybridized carbons (Fsp3) is 0.154. The van der Waals surface area contributed by atoms with Crippen LogP contribution in [0.1, 0.15) is 21.5 Å². The molecule has 0 bridgehead atoms. The van der Waals surface area contributed by atoms with Gasteiger partial charge in [-0.25, -0.2) is 9.78 Å². The predicted molar refractivity (Wildman–Crippen MR) is 136 cm³/mol. The van der Waals surface area contributed by atoms with Gasteiger partial charge in [0.05, 0.1) is 7.11 Å². The van der Waals surface area contributed by atoms with Gasteiger partial charge in [-0.2, -0.15) is 5.10 Å². The number of primary amides is 1. The molecule has 0 fully saturated rings. The second-order valence-electron chi connectivity index (χ2n) is 8.35. The minimum Gasteiger partial charge on any atom is -0.481 e. The van der Waals surface area contributed by atoms with Crippen LogP contribution in [-0.4, -0.2) is 45.7 Å². The van der Waals surface area contributed by atoms with Gasteiger partial charge in [-0.3, -0.25) is 9.89 Å². The average molecular weight is 484 g/mol. The Kier molecular flexibility index (Phi) is 6.23. The number of hydrogen-bond donors (Lipinski definition) is 4. The highest BCUT2D eigenvalue weighted by Crippen LogP contribution is 2.30. The lowest BCUT2D eigenvalue weighted by Crippen LogP contribution is -2.38. The molecule has 2 aromatic carbocycles. The number of H-pyrrole nitrogens is 1. The zero-order valence-electron chi connectivity index (χ0n) is 19.6. The molecular formula is C26H25N7O3. The van der Waals surface area contributed by atoms with Crippen LogP contribution in [0.5, 0.6) is 5.88 Å². The number of rotatable bonds is 6. The third-order valence-corrected chi connectivity index (χ3v) is 6.05. The molecular weight excluding hydrogens is 458 g/mol. The van der Waals surface area contributed by atoms with Crippen molar-refractivity contribution in [3.05, 3.63) is 83.6 Å². The summed E-state index contributed by atoms with van der Waals surface area (Å²) in [6, 6.07) is 18.5. The number of anilines is 3. The van der Waals surface area contributed by atoms with Crippen molar-refractivity contribution < 1.29 is 14.3 Å². The number of aromatic nitrogens is 3. The third-order valence-electron chi connectivity index (χ3n) is 6.05. The number of benzene rings is 2. The number of fused-ring (bicyclic) bond motifs is 1. The van der Waals surface area contributed by atoms with Crippen molar-refractivity contribution in [2.45, 2.75) is 13.0 Å². The molecule has 5 N–H and O–H groups in total. The number of methoxy groups -OCH3 is 1. The first-order valence-corrected chi connectivity index (χ1v) is 11.4. The summed E-state index contributed by atoms with van der Waals surface area (Å²) in [4.78, 5) is 31.0. The summed E-state index contributed by atoms with van der Waals surface area (Å²) < 4.78 is 5.14. The molecule has 0 radical (unpaired) electrons. The fourth-order valence-electron chi connectivity index (χ4n) is 4.21. The number of nitrogens with two attached hydrogens (primary N) is 1. The van der Waals surface area contributed by atoms with Crippen molar-refractivity contribution in [2.75, 3.05) is 24.3 Å². The number of nitrogens with zero attached hydrogens (tertiary/aromatic N) is 3. The van der Waals surface area contributed by atoms with Crippen LogP contribution in [0.4, 0.5) is 22.0 Å². The molecule has 182 valence electrons. The van der Waals surface area contributed by atoms with Crippen molar-refractivity contribution >= 4 is 29.1 Å². The maximum absolute atomic E-state index is 12.8. The highest BCUT2D eigenvalue weighted by atomic mass is 16.5. The molecule has 0 saturated carbocycles. The number of amides is 3. The number of carbonyl (C=O) groups excluding carboxylic acids is 2. The standard InChI is InChI=1S/C26H25N7O3/c1-36-21-14-20(10-12-28-21)29-25-22(24(27)34)23(31-32-25)17-6-8-19(9-7-17)30-26(35)33-13-11-16-4-2-3-5-18(16)15-33/h2-10,12,14H,11,13,15H2,1H3,(H2,27,34)(H,30,35)(H2,28,29,31,32). The van der Waals surface area contributed by atoms with Crippen LogP contribution in [0.3, 0.4) is 0 Å². The summed E-state index contributed by atoms with van der Waals surface area (Å²) in [6.07, 6.45) is 2.41. The third kappa shape index (κ3) is 4.69. The number of carbonyl (C=O) groups is 2. The van der Waals surface area contributed by atoms with Gasteiger partial charge in [0.15, 0.2) is 0 Å². The van der Waals surface area contributed by atoms with Gasteiger partial charge in [0.25, 0.3) is 5.91 Å². The molecule has 10 nitrogen and oxygen atoms in total. The number of urea groups is 1. The molecule has 1 aliphatic rings. The quantitative estimate of drug-likeness (QED) is 0.328. The monoisotopic (exact) mass is 483 g/mol. The van der Waals surface area contributed by atoms with E-state index in [0.717, 1.165) is 6.42 Å². The lowest BCUT2D eigenvalue weighted by Gasteiger charge is -2.29. The van der Waals surface area contributed by atoms with E-state index in [9.17, 15) is 9.59 Å². The van der Waals surface area contributed by atoms with Gasteiger partial charge in [-0.1, -0.05) is 36.4 Å². The molecule has 0 unspecified atom stereocenters. The Labute approximate surface area is 207 Å². The number of hydrogen-bond acceptors (Lipinski definition) is 6. The Morgan fingerprint density at radius 1 is 1.06 bits per heavy atom. The van der Waals surface area contributed by atoms with Crippen LogP contribution in [0.15, 0.2) is 66.9 Å². The van der Waals surface area contributed by atoms with Gasteiger partial charge >= 0.3 is 6.03 Å². The Bertz CT molecular complexity index is 1420. The van der Waals surface area contributed by atoms with Crippen molar-refractivity contribution in [3.63, 3.8) is 0 Å². The highest BCUT2D eigenvalue weighted by molar-refractivity contribution is 6.04. The van der Waals surface area contributed by atoms with E-state index in [4.69, 9.17) is 10.5 Å². The molecule has 0 spiro atoms. The van der Waals surface area contributed by atoms with E-state index in [0.29, 0.717) is 47.4 Å².